The van der Waals surface area contributed by atoms with Crippen molar-refractivity contribution in [3.05, 3.63) is 48.6 Å². The SMILES string of the molecule is C=C(CC(=O)O)C(=O)OCCCCOC(=O)C(=C)CC(=O)O.C=C(CC(=O)OCCCCOC(=O)C(=C)CC(=O)O)C(=O)O. The summed E-state index contributed by atoms with van der Waals surface area (Å²) >= 11 is 0. The van der Waals surface area contributed by atoms with Gasteiger partial charge in [0.15, 0.2) is 0 Å². The first-order chi connectivity index (χ1) is 20.5. The number of carbonyl (C=O) groups is 8. The molecule has 0 aromatic carbocycles. The molecule has 16 heteroatoms. The molecule has 0 rings (SSSR count). The lowest BCUT2D eigenvalue weighted by Crippen LogP contribution is -2.13. The topological polar surface area (TPSA) is 254 Å². The number of esters is 4. The maximum Gasteiger partial charge on any atom is 0.333 e. The molecule has 0 unspecified atom stereocenters. The fraction of sp³-hybridized carbons (Fsp3) is 0.429. The molecule has 0 fully saturated rings. The van der Waals surface area contributed by atoms with Crippen molar-refractivity contribution in [2.45, 2.75) is 51.4 Å². The van der Waals surface area contributed by atoms with Crippen LogP contribution in [0.1, 0.15) is 51.4 Å². The third-order valence-electron chi connectivity index (χ3n) is 4.66. The Morgan fingerprint density at radius 2 is 0.682 bits per heavy atom. The van der Waals surface area contributed by atoms with Crippen LogP contribution in [-0.4, -0.2) is 94.6 Å². The van der Waals surface area contributed by atoms with Crippen LogP contribution in [0.5, 0.6) is 0 Å². The molecule has 0 amide bonds. The van der Waals surface area contributed by atoms with Crippen LogP contribution >= 0.6 is 0 Å². The minimum atomic E-state index is -1.26. The molecule has 0 aliphatic heterocycles. The van der Waals surface area contributed by atoms with Gasteiger partial charge in [0.25, 0.3) is 0 Å². The fourth-order valence-corrected chi connectivity index (χ4v) is 2.46. The lowest BCUT2D eigenvalue weighted by Gasteiger charge is -2.07. The number of hydrogen-bond donors (Lipinski definition) is 4. The Morgan fingerprint density at radius 1 is 0.409 bits per heavy atom. The summed E-state index contributed by atoms with van der Waals surface area (Å²) in [6, 6.07) is 0. The van der Waals surface area contributed by atoms with Gasteiger partial charge < -0.3 is 39.4 Å². The lowest BCUT2D eigenvalue weighted by atomic mass is 10.2. The number of aliphatic carboxylic acids is 4. The molecule has 0 aromatic heterocycles. The van der Waals surface area contributed by atoms with Gasteiger partial charge in [0.1, 0.15) is 0 Å². The second-order valence-electron chi connectivity index (χ2n) is 8.65. The van der Waals surface area contributed by atoms with E-state index in [0.717, 1.165) is 0 Å². The molecule has 0 aliphatic carbocycles. The Morgan fingerprint density at radius 3 is 0.932 bits per heavy atom. The predicted molar refractivity (Wildman–Crippen MR) is 148 cm³/mol. The average Bonchev–Trinajstić information content (AvgIpc) is 2.91. The molecule has 244 valence electrons. The maximum absolute atomic E-state index is 11.3. The third kappa shape index (κ3) is 23.4. The number of carboxylic acids is 4. The molecule has 44 heavy (non-hydrogen) atoms. The normalized spacial score (nSPS) is 9.64. The molecule has 0 radical (unpaired) electrons. The molecular formula is C28H36O16. The van der Waals surface area contributed by atoms with E-state index in [1.54, 1.807) is 0 Å². The van der Waals surface area contributed by atoms with E-state index in [2.05, 4.69) is 26.3 Å². The number of ether oxygens (including phenoxy) is 4. The van der Waals surface area contributed by atoms with E-state index >= 15 is 0 Å². The molecule has 0 heterocycles. The van der Waals surface area contributed by atoms with Crippen LogP contribution in [0.3, 0.4) is 0 Å². The van der Waals surface area contributed by atoms with Crippen molar-refractivity contribution >= 4 is 47.8 Å². The summed E-state index contributed by atoms with van der Waals surface area (Å²) in [6.07, 6.45) is -0.244. The zero-order valence-corrected chi connectivity index (χ0v) is 24.0. The Hall–Kier alpha value is -5.28. The Kier molecular flexibility index (Phi) is 21.6. The molecule has 0 aromatic rings. The van der Waals surface area contributed by atoms with Gasteiger partial charge in [0.2, 0.25) is 0 Å². The number of hydrogen-bond acceptors (Lipinski definition) is 12. The van der Waals surface area contributed by atoms with Crippen molar-refractivity contribution in [2.24, 2.45) is 0 Å². The second kappa shape index (κ2) is 23.3. The smallest absolute Gasteiger partial charge is 0.333 e. The summed E-state index contributed by atoms with van der Waals surface area (Å²) in [5, 5.41) is 33.9. The van der Waals surface area contributed by atoms with Crippen LogP contribution in [0.25, 0.3) is 0 Å². The van der Waals surface area contributed by atoms with Crippen LogP contribution in [0.2, 0.25) is 0 Å². The third-order valence-corrected chi connectivity index (χ3v) is 4.66. The number of carbonyl (C=O) groups excluding carboxylic acids is 4. The fourth-order valence-electron chi connectivity index (χ4n) is 2.46. The van der Waals surface area contributed by atoms with Crippen molar-refractivity contribution < 1.29 is 77.7 Å². The summed E-state index contributed by atoms with van der Waals surface area (Å²) < 4.78 is 19.1. The predicted octanol–water partition coefficient (Wildman–Crippen LogP) is 1.83. The van der Waals surface area contributed by atoms with Crippen LogP contribution in [0.15, 0.2) is 48.6 Å². The first-order valence-electron chi connectivity index (χ1n) is 12.7. The zero-order chi connectivity index (χ0) is 34.2. The number of unbranched alkanes of at least 4 members (excludes halogenated alkanes) is 2. The van der Waals surface area contributed by atoms with Crippen LogP contribution < -0.4 is 0 Å². The summed E-state index contributed by atoms with van der Waals surface area (Å²) in [7, 11) is 0. The zero-order valence-electron chi connectivity index (χ0n) is 24.0. The first kappa shape index (κ1) is 40.9. The van der Waals surface area contributed by atoms with E-state index in [1.807, 2.05) is 0 Å². The van der Waals surface area contributed by atoms with E-state index in [9.17, 15) is 38.4 Å². The highest BCUT2D eigenvalue weighted by Crippen LogP contribution is 2.06. The first-order valence-corrected chi connectivity index (χ1v) is 12.7. The molecule has 0 bridgehead atoms. The summed E-state index contributed by atoms with van der Waals surface area (Å²) in [5.41, 5.74) is -0.699. The number of rotatable bonds is 22. The average molecular weight is 629 g/mol. The van der Waals surface area contributed by atoms with Crippen molar-refractivity contribution in [3.8, 4) is 0 Å². The van der Waals surface area contributed by atoms with E-state index in [0.29, 0.717) is 25.7 Å². The van der Waals surface area contributed by atoms with Crippen LogP contribution in [0, 0.1) is 0 Å². The van der Waals surface area contributed by atoms with Crippen molar-refractivity contribution in [3.63, 3.8) is 0 Å². The van der Waals surface area contributed by atoms with E-state index in [1.165, 1.54) is 0 Å². The van der Waals surface area contributed by atoms with Gasteiger partial charge in [0.05, 0.1) is 52.1 Å². The second-order valence-corrected chi connectivity index (χ2v) is 8.65. The largest absolute Gasteiger partial charge is 0.481 e. The van der Waals surface area contributed by atoms with Gasteiger partial charge in [-0.15, -0.1) is 0 Å². The number of carboxylic acid groups (broad SMARTS) is 4. The van der Waals surface area contributed by atoms with Crippen molar-refractivity contribution in [1.29, 1.82) is 0 Å². The van der Waals surface area contributed by atoms with Gasteiger partial charge >= 0.3 is 47.8 Å². The van der Waals surface area contributed by atoms with E-state index < -0.39 is 67.0 Å². The van der Waals surface area contributed by atoms with Gasteiger partial charge in [-0.1, -0.05) is 26.3 Å². The minimum absolute atomic E-state index is 0.0328. The van der Waals surface area contributed by atoms with Gasteiger partial charge in [-0.2, -0.15) is 0 Å². The summed E-state index contributed by atoms with van der Waals surface area (Å²) in [5.74, 6) is -7.81. The van der Waals surface area contributed by atoms with Crippen molar-refractivity contribution in [1.82, 2.24) is 0 Å². The Labute approximate surface area is 252 Å². The highest BCUT2D eigenvalue weighted by Gasteiger charge is 2.14. The minimum Gasteiger partial charge on any atom is -0.481 e. The molecule has 4 N–H and O–H groups in total. The monoisotopic (exact) mass is 628 g/mol. The highest BCUT2D eigenvalue weighted by atomic mass is 16.5. The highest BCUT2D eigenvalue weighted by molar-refractivity contribution is 5.94. The van der Waals surface area contributed by atoms with Gasteiger partial charge in [-0.05, 0) is 25.7 Å². The van der Waals surface area contributed by atoms with Crippen molar-refractivity contribution in [2.75, 3.05) is 26.4 Å². The van der Waals surface area contributed by atoms with Crippen LogP contribution in [-0.2, 0) is 57.3 Å². The quantitative estimate of drug-likeness (QED) is 0.0577. The van der Waals surface area contributed by atoms with Gasteiger partial charge in [0, 0.05) is 22.3 Å². The summed E-state index contributed by atoms with van der Waals surface area (Å²) in [6.45, 7) is 13.2. The van der Waals surface area contributed by atoms with Gasteiger partial charge in [-0.25, -0.2) is 19.2 Å². The maximum atomic E-state index is 11.3. The summed E-state index contributed by atoms with van der Waals surface area (Å²) in [4.78, 5) is 86.5. The Bertz CT molecular complexity index is 1090. The molecule has 0 atom stereocenters. The van der Waals surface area contributed by atoms with E-state index in [4.69, 9.17) is 39.4 Å². The van der Waals surface area contributed by atoms with E-state index in [-0.39, 0.29) is 55.1 Å². The standard InChI is InChI=1S/2C14H18O8/c1-9(13(18)19)8-12(17)21-5-3-4-6-22-14(20)10(2)7-11(15)16;1-9(7-11(15)16)13(19)21-5-3-4-6-22-14(20)10(2)8-12(17)18/h1-8H2,(H,15,16)(H,18,19);1-8H2,(H,15,16)(H,17,18). The Balaban J connectivity index is 0. The molecule has 0 saturated heterocycles. The van der Waals surface area contributed by atoms with Crippen LogP contribution in [0.4, 0.5) is 0 Å². The molecular weight excluding hydrogens is 592 g/mol. The van der Waals surface area contributed by atoms with Gasteiger partial charge in [-0.3, -0.25) is 19.2 Å². The molecule has 16 nitrogen and oxygen atoms in total. The lowest BCUT2D eigenvalue weighted by molar-refractivity contribution is -0.145. The molecule has 0 saturated carbocycles. The molecule has 0 spiro atoms. The molecule has 0 aliphatic rings.